The molecule has 1 unspecified atom stereocenters. The summed E-state index contributed by atoms with van der Waals surface area (Å²) < 4.78 is 2.07. The normalized spacial score (nSPS) is 19.4. The number of hydrogen-bond donors (Lipinski definition) is 1. The van der Waals surface area contributed by atoms with E-state index in [1.54, 1.807) is 0 Å². The van der Waals surface area contributed by atoms with Crippen LogP contribution in [0.3, 0.4) is 0 Å². The smallest absolute Gasteiger partial charge is 0.125 e. The van der Waals surface area contributed by atoms with Crippen molar-refractivity contribution in [1.29, 1.82) is 0 Å². The van der Waals surface area contributed by atoms with E-state index in [0.29, 0.717) is 17.8 Å². The summed E-state index contributed by atoms with van der Waals surface area (Å²) in [7, 11) is 0. The van der Waals surface area contributed by atoms with Crippen LogP contribution in [0, 0.1) is 5.92 Å². The van der Waals surface area contributed by atoms with Crippen molar-refractivity contribution in [3.05, 3.63) is 64.3 Å². The molecule has 2 aliphatic rings. The first-order chi connectivity index (χ1) is 12.7. The van der Waals surface area contributed by atoms with Gasteiger partial charge < -0.3 is 5.73 Å². The monoisotopic (exact) mass is 346 g/mol. The number of rotatable bonds is 6. The van der Waals surface area contributed by atoms with Crippen LogP contribution in [-0.4, -0.2) is 21.7 Å². The van der Waals surface area contributed by atoms with E-state index < -0.39 is 0 Å². The number of benzene rings is 1. The second-order valence-electron chi connectivity index (χ2n) is 7.26. The van der Waals surface area contributed by atoms with E-state index in [-0.39, 0.29) is 0 Å². The van der Waals surface area contributed by atoms with Crippen LogP contribution in [-0.2, 0) is 6.54 Å². The SMILES string of the molecule is CCCC1C=CC=c2c(cnn2Cc2ccc(C(N)=NC3CC3)cc2)=C1. The van der Waals surface area contributed by atoms with Crippen LogP contribution in [0.15, 0.2) is 47.6 Å². The van der Waals surface area contributed by atoms with E-state index in [0.717, 1.165) is 12.1 Å². The van der Waals surface area contributed by atoms with Gasteiger partial charge in [0, 0.05) is 10.8 Å². The van der Waals surface area contributed by atoms with Gasteiger partial charge in [-0.2, -0.15) is 5.10 Å². The van der Waals surface area contributed by atoms with Crippen LogP contribution >= 0.6 is 0 Å². The minimum absolute atomic E-state index is 0.450. The molecule has 2 aliphatic carbocycles. The first-order valence-corrected chi connectivity index (χ1v) is 9.57. The number of amidine groups is 1. The molecular formula is C22H26N4. The van der Waals surface area contributed by atoms with E-state index in [1.165, 1.54) is 41.8 Å². The molecule has 0 radical (unpaired) electrons. The van der Waals surface area contributed by atoms with Gasteiger partial charge in [-0.1, -0.05) is 55.8 Å². The van der Waals surface area contributed by atoms with Crippen LogP contribution in [0.1, 0.15) is 43.7 Å². The molecule has 1 atom stereocenters. The molecule has 1 heterocycles. The second kappa shape index (κ2) is 7.32. The minimum Gasteiger partial charge on any atom is -0.383 e. The summed E-state index contributed by atoms with van der Waals surface area (Å²) in [6.45, 7) is 2.98. The molecule has 0 aliphatic heterocycles. The third-order valence-corrected chi connectivity index (χ3v) is 4.99. The van der Waals surface area contributed by atoms with Crippen molar-refractivity contribution in [2.45, 2.75) is 45.2 Å². The first kappa shape index (κ1) is 16.8. The van der Waals surface area contributed by atoms with Crippen LogP contribution in [0.4, 0.5) is 0 Å². The lowest BCUT2D eigenvalue weighted by molar-refractivity contribution is 0.666. The number of hydrogen-bond acceptors (Lipinski definition) is 2. The zero-order valence-electron chi connectivity index (χ0n) is 15.3. The van der Waals surface area contributed by atoms with E-state index >= 15 is 0 Å². The molecule has 0 saturated heterocycles. The standard InChI is InChI=1S/C22H26N4/c1-2-4-16-5-3-6-21-19(13-16)14-24-26(21)15-17-7-9-18(10-8-17)22(23)25-20-11-12-20/h3,5-10,13-14,16,20H,2,4,11-12,15H2,1H3,(H2,23,25). The largest absolute Gasteiger partial charge is 0.383 e. The zero-order valence-corrected chi connectivity index (χ0v) is 15.3. The third-order valence-electron chi connectivity index (χ3n) is 4.99. The molecule has 0 bridgehead atoms. The predicted molar refractivity (Wildman–Crippen MR) is 107 cm³/mol. The predicted octanol–water partition coefficient (Wildman–Crippen LogP) is 2.35. The van der Waals surface area contributed by atoms with Crippen LogP contribution in [0.25, 0.3) is 12.2 Å². The Bertz CT molecular complexity index is 943. The van der Waals surface area contributed by atoms with E-state index in [2.05, 4.69) is 70.3 Å². The molecule has 1 aromatic heterocycles. The first-order valence-electron chi connectivity index (χ1n) is 9.57. The van der Waals surface area contributed by atoms with E-state index in [1.807, 2.05) is 6.20 Å². The average Bonchev–Trinajstić information content (AvgIpc) is 3.42. The van der Waals surface area contributed by atoms with Crippen LogP contribution in [0.2, 0.25) is 0 Å². The topological polar surface area (TPSA) is 56.2 Å². The maximum atomic E-state index is 6.08. The highest BCUT2D eigenvalue weighted by molar-refractivity contribution is 5.97. The summed E-state index contributed by atoms with van der Waals surface area (Å²) in [5.41, 5.74) is 8.30. The molecule has 134 valence electrons. The molecule has 0 spiro atoms. The van der Waals surface area contributed by atoms with Gasteiger partial charge in [-0.3, -0.25) is 9.67 Å². The Morgan fingerprint density at radius 3 is 2.81 bits per heavy atom. The molecule has 1 saturated carbocycles. The maximum Gasteiger partial charge on any atom is 0.125 e. The Hall–Kier alpha value is -2.62. The molecule has 4 heteroatoms. The van der Waals surface area contributed by atoms with E-state index in [4.69, 9.17) is 5.73 Å². The average molecular weight is 346 g/mol. The minimum atomic E-state index is 0.450. The Labute approximate surface area is 154 Å². The van der Waals surface area contributed by atoms with Crippen molar-refractivity contribution in [3.63, 3.8) is 0 Å². The van der Waals surface area contributed by atoms with Gasteiger partial charge in [-0.05, 0) is 36.8 Å². The van der Waals surface area contributed by atoms with Crippen molar-refractivity contribution in [2.24, 2.45) is 16.6 Å². The quantitative estimate of drug-likeness (QED) is 0.645. The lowest BCUT2D eigenvalue weighted by Crippen LogP contribution is -2.29. The number of fused-ring (bicyclic) bond motifs is 1. The van der Waals surface area contributed by atoms with Crippen LogP contribution in [0.5, 0.6) is 0 Å². The third kappa shape index (κ3) is 3.79. The van der Waals surface area contributed by atoms with Gasteiger partial charge in [-0.15, -0.1) is 0 Å². The molecule has 2 aromatic rings. The highest BCUT2D eigenvalue weighted by atomic mass is 15.3. The zero-order chi connectivity index (χ0) is 17.9. The van der Waals surface area contributed by atoms with Gasteiger partial charge >= 0.3 is 0 Å². The van der Waals surface area contributed by atoms with Gasteiger partial charge in [0.25, 0.3) is 0 Å². The molecular weight excluding hydrogens is 320 g/mol. The van der Waals surface area contributed by atoms with Gasteiger partial charge in [-0.25, -0.2) is 0 Å². The van der Waals surface area contributed by atoms with Gasteiger partial charge in [0.1, 0.15) is 5.84 Å². The van der Waals surface area contributed by atoms with E-state index in [9.17, 15) is 0 Å². The molecule has 4 nitrogen and oxygen atoms in total. The molecule has 1 aromatic carbocycles. The number of nitrogens with zero attached hydrogens (tertiary/aromatic N) is 3. The molecule has 4 rings (SSSR count). The Morgan fingerprint density at radius 1 is 1.27 bits per heavy atom. The number of nitrogens with two attached hydrogens (primary N) is 1. The van der Waals surface area contributed by atoms with Gasteiger partial charge in [0.15, 0.2) is 0 Å². The van der Waals surface area contributed by atoms with Crippen molar-refractivity contribution >= 4 is 18.0 Å². The molecule has 2 N–H and O–H groups in total. The fourth-order valence-corrected chi connectivity index (χ4v) is 3.36. The summed E-state index contributed by atoms with van der Waals surface area (Å²) in [6, 6.07) is 8.81. The summed E-state index contributed by atoms with van der Waals surface area (Å²) in [5, 5.41) is 7.01. The van der Waals surface area contributed by atoms with Gasteiger partial charge in [0.05, 0.1) is 24.1 Å². The summed E-state index contributed by atoms with van der Waals surface area (Å²) in [4.78, 5) is 4.51. The Morgan fingerprint density at radius 2 is 2.08 bits per heavy atom. The van der Waals surface area contributed by atoms with Crippen molar-refractivity contribution in [1.82, 2.24) is 9.78 Å². The summed E-state index contributed by atoms with van der Waals surface area (Å²) >= 11 is 0. The van der Waals surface area contributed by atoms with Gasteiger partial charge in [0.2, 0.25) is 0 Å². The van der Waals surface area contributed by atoms with Crippen molar-refractivity contribution < 1.29 is 0 Å². The van der Waals surface area contributed by atoms with Crippen molar-refractivity contribution in [2.75, 3.05) is 0 Å². The fourth-order valence-electron chi connectivity index (χ4n) is 3.36. The number of aliphatic imine (C=N–C) groups is 1. The summed E-state index contributed by atoms with van der Waals surface area (Å²) in [5.74, 6) is 1.16. The second-order valence-corrected chi connectivity index (χ2v) is 7.26. The Balaban J connectivity index is 1.54. The maximum absolute atomic E-state index is 6.08. The van der Waals surface area contributed by atoms with Crippen LogP contribution < -0.4 is 16.3 Å². The Kier molecular flexibility index (Phi) is 4.74. The summed E-state index contributed by atoms with van der Waals surface area (Å²) in [6.07, 6.45) is 15.6. The van der Waals surface area contributed by atoms with Crippen molar-refractivity contribution in [3.8, 4) is 0 Å². The highest BCUT2D eigenvalue weighted by Crippen LogP contribution is 2.23. The molecule has 1 fully saturated rings. The number of aromatic nitrogens is 2. The fraction of sp³-hybridized carbons (Fsp3) is 0.364. The number of allylic oxidation sites excluding steroid dienone is 2. The molecule has 0 amide bonds. The lowest BCUT2D eigenvalue weighted by Gasteiger charge is -2.05. The lowest BCUT2D eigenvalue weighted by atomic mass is 10.0. The molecule has 26 heavy (non-hydrogen) atoms. The highest BCUT2D eigenvalue weighted by Gasteiger charge is 2.20.